The number of hydrogen-bond donors (Lipinski definition) is 3. The number of rotatable bonds is 5. The van der Waals surface area contributed by atoms with Crippen molar-refractivity contribution in [2.24, 2.45) is 5.73 Å². The van der Waals surface area contributed by atoms with Crippen LogP contribution in [0, 0.1) is 6.92 Å². The summed E-state index contributed by atoms with van der Waals surface area (Å²) in [5.41, 5.74) is 6.32. The zero-order valence-electron chi connectivity index (χ0n) is 14.8. The van der Waals surface area contributed by atoms with Crippen LogP contribution in [-0.4, -0.2) is 22.3 Å². The van der Waals surface area contributed by atoms with E-state index in [1.165, 1.54) is 18.3 Å². The van der Waals surface area contributed by atoms with E-state index in [1.54, 1.807) is 11.3 Å². The normalized spacial score (nSPS) is 15.3. The fraction of sp³-hybridized carbons (Fsp3) is 0.471. The molecule has 0 unspecified atom stereocenters. The van der Waals surface area contributed by atoms with E-state index in [4.69, 9.17) is 5.73 Å². The molecular formula is C17H23ClN4O2S2. The SMILES string of the molecule is CC(=O)NCc1ccc(-c2nc(NC(=O)C3(N)CCCC3)sc2C)s1.Cl. The molecule has 4 N–H and O–H groups in total. The summed E-state index contributed by atoms with van der Waals surface area (Å²) in [7, 11) is 0. The first-order chi connectivity index (χ1) is 11.9. The number of halogens is 1. The third-order valence-electron chi connectivity index (χ3n) is 4.37. The van der Waals surface area contributed by atoms with Crippen molar-refractivity contribution in [3.63, 3.8) is 0 Å². The van der Waals surface area contributed by atoms with Crippen LogP contribution in [0.15, 0.2) is 12.1 Å². The van der Waals surface area contributed by atoms with Gasteiger partial charge in [-0.2, -0.15) is 0 Å². The molecule has 0 aliphatic heterocycles. The number of anilines is 1. The molecule has 0 saturated heterocycles. The minimum Gasteiger partial charge on any atom is -0.351 e. The predicted molar refractivity (Wildman–Crippen MR) is 109 cm³/mol. The Hall–Kier alpha value is -1.48. The monoisotopic (exact) mass is 414 g/mol. The standard InChI is InChI=1S/C17H22N4O2S2.ClH/c1-10-14(13-6-5-12(25-13)9-19-11(2)22)20-16(24-10)21-15(23)17(18)7-3-4-8-17;/h5-6H,3-4,7-9,18H2,1-2H3,(H,19,22)(H,20,21,23);1H. The first-order valence-electron chi connectivity index (χ1n) is 8.29. The fourth-order valence-electron chi connectivity index (χ4n) is 2.94. The molecule has 0 spiro atoms. The van der Waals surface area contributed by atoms with Crippen molar-refractivity contribution >= 4 is 52.0 Å². The number of thiophene rings is 1. The Labute approximate surface area is 167 Å². The molecule has 3 rings (SSSR count). The molecule has 2 aromatic rings. The summed E-state index contributed by atoms with van der Waals surface area (Å²) in [5, 5.41) is 6.27. The summed E-state index contributed by atoms with van der Waals surface area (Å²) in [4.78, 5) is 31.2. The molecule has 0 radical (unpaired) electrons. The van der Waals surface area contributed by atoms with Gasteiger partial charge in [0.25, 0.3) is 0 Å². The van der Waals surface area contributed by atoms with Crippen LogP contribution in [0.25, 0.3) is 10.6 Å². The molecule has 9 heteroatoms. The number of amides is 2. The van der Waals surface area contributed by atoms with Gasteiger partial charge in [-0.05, 0) is 31.9 Å². The molecular weight excluding hydrogens is 392 g/mol. The van der Waals surface area contributed by atoms with Crippen molar-refractivity contribution in [3.8, 4) is 10.6 Å². The summed E-state index contributed by atoms with van der Waals surface area (Å²) in [5.74, 6) is -0.185. The van der Waals surface area contributed by atoms with Crippen LogP contribution in [0.3, 0.4) is 0 Å². The first kappa shape index (κ1) is 20.8. The lowest BCUT2D eigenvalue weighted by atomic mass is 9.98. The molecule has 142 valence electrons. The number of nitrogens with zero attached hydrogens (tertiary/aromatic N) is 1. The van der Waals surface area contributed by atoms with Crippen molar-refractivity contribution in [1.82, 2.24) is 10.3 Å². The number of nitrogens with two attached hydrogens (primary N) is 1. The smallest absolute Gasteiger partial charge is 0.246 e. The average Bonchev–Trinajstić information content (AvgIpc) is 3.26. The Balaban J connectivity index is 0.00000243. The largest absolute Gasteiger partial charge is 0.351 e. The van der Waals surface area contributed by atoms with Gasteiger partial charge in [-0.1, -0.05) is 12.8 Å². The molecule has 1 aliphatic rings. The molecule has 6 nitrogen and oxygen atoms in total. The van der Waals surface area contributed by atoms with Crippen LogP contribution < -0.4 is 16.4 Å². The van der Waals surface area contributed by atoms with Crippen LogP contribution in [0.2, 0.25) is 0 Å². The lowest BCUT2D eigenvalue weighted by Crippen LogP contribution is -2.48. The number of aryl methyl sites for hydroxylation is 1. The van der Waals surface area contributed by atoms with Crippen molar-refractivity contribution in [1.29, 1.82) is 0 Å². The van der Waals surface area contributed by atoms with Crippen molar-refractivity contribution in [2.75, 3.05) is 5.32 Å². The Morgan fingerprint density at radius 2 is 1.96 bits per heavy atom. The molecule has 2 aromatic heterocycles. The number of carbonyl (C=O) groups excluding carboxylic acids is 2. The Morgan fingerprint density at radius 3 is 2.62 bits per heavy atom. The highest BCUT2D eigenvalue weighted by atomic mass is 35.5. The second-order valence-corrected chi connectivity index (χ2v) is 8.79. The second kappa shape index (κ2) is 8.47. The van der Waals surface area contributed by atoms with Gasteiger partial charge in [0.05, 0.1) is 22.7 Å². The van der Waals surface area contributed by atoms with Crippen LogP contribution in [0.1, 0.15) is 42.4 Å². The van der Waals surface area contributed by atoms with Gasteiger partial charge in [0, 0.05) is 16.7 Å². The number of hydrogen-bond acceptors (Lipinski definition) is 6. The highest BCUT2D eigenvalue weighted by Gasteiger charge is 2.37. The Kier molecular flexibility index (Phi) is 6.79. The minimum absolute atomic E-state index is 0. The van der Waals surface area contributed by atoms with E-state index in [0.717, 1.165) is 46.0 Å². The first-order valence-corrected chi connectivity index (χ1v) is 9.92. The van der Waals surface area contributed by atoms with E-state index < -0.39 is 5.54 Å². The molecule has 0 aromatic carbocycles. The molecule has 1 fully saturated rings. The number of thiazole rings is 1. The molecule has 26 heavy (non-hydrogen) atoms. The van der Waals surface area contributed by atoms with Gasteiger partial charge in [0.15, 0.2) is 5.13 Å². The van der Waals surface area contributed by atoms with Crippen LogP contribution in [-0.2, 0) is 16.1 Å². The Morgan fingerprint density at radius 1 is 1.27 bits per heavy atom. The third kappa shape index (κ3) is 4.62. The number of carbonyl (C=O) groups is 2. The van der Waals surface area contributed by atoms with Gasteiger partial charge in [0.2, 0.25) is 11.8 Å². The van der Waals surface area contributed by atoms with Gasteiger partial charge in [-0.25, -0.2) is 4.98 Å². The van der Waals surface area contributed by atoms with Gasteiger partial charge in [0.1, 0.15) is 0 Å². The summed E-state index contributed by atoms with van der Waals surface area (Å²) in [6.07, 6.45) is 3.46. The number of nitrogens with one attached hydrogen (secondary N) is 2. The van der Waals surface area contributed by atoms with Crippen LogP contribution in [0.5, 0.6) is 0 Å². The molecule has 1 saturated carbocycles. The topological polar surface area (TPSA) is 97.1 Å². The molecule has 0 atom stereocenters. The van der Waals surface area contributed by atoms with Gasteiger partial charge >= 0.3 is 0 Å². The predicted octanol–water partition coefficient (Wildman–Crippen LogP) is 3.45. The van der Waals surface area contributed by atoms with E-state index in [0.29, 0.717) is 11.7 Å². The highest BCUT2D eigenvalue weighted by Crippen LogP contribution is 2.35. The van der Waals surface area contributed by atoms with E-state index in [9.17, 15) is 9.59 Å². The zero-order valence-corrected chi connectivity index (χ0v) is 17.2. The minimum atomic E-state index is -0.756. The van der Waals surface area contributed by atoms with Gasteiger partial charge < -0.3 is 16.4 Å². The maximum atomic E-state index is 12.4. The summed E-state index contributed by atoms with van der Waals surface area (Å²) in [6, 6.07) is 3.98. The third-order valence-corrected chi connectivity index (χ3v) is 6.35. The van der Waals surface area contributed by atoms with Crippen molar-refractivity contribution in [3.05, 3.63) is 21.9 Å². The average molecular weight is 415 g/mol. The lowest BCUT2D eigenvalue weighted by molar-refractivity contribution is -0.121. The van der Waals surface area contributed by atoms with Gasteiger partial charge in [-0.15, -0.1) is 35.1 Å². The zero-order chi connectivity index (χ0) is 18.0. The lowest BCUT2D eigenvalue weighted by Gasteiger charge is -2.21. The summed E-state index contributed by atoms with van der Waals surface area (Å²) in [6.45, 7) is 4.01. The highest BCUT2D eigenvalue weighted by molar-refractivity contribution is 7.18. The van der Waals surface area contributed by atoms with E-state index in [2.05, 4.69) is 15.6 Å². The fourth-order valence-corrected chi connectivity index (χ4v) is 4.83. The summed E-state index contributed by atoms with van der Waals surface area (Å²) >= 11 is 3.05. The van der Waals surface area contributed by atoms with E-state index in [-0.39, 0.29) is 24.2 Å². The Bertz CT molecular complexity index is 797. The van der Waals surface area contributed by atoms with Crippen LogP contribution in [0.4, 0.5) is 5.13 Å². The molecule has 2 amide bonds. The molecule has 0 bridgehead atoms. The van der Waals surface area contributed by atoms with Crippen molar-refractivity contribution in [2.45, 2.75) is 51.6 Å². The van der Waals surface area contributed by atoms with Crippen molar-refractivity contribution < 1.29 is 9.59 Å². The van der Waals surface area contributed by atoms with Crippen LogP contribution >= 0.6 is 35.1 Å². The quantitative estimate of drug-likeness (QED) is 0.697. The molecule has 2 heterocycles. The second-order valence-electron chi connectivity index (χ2n) is 6.42. The maximum Gasteiger partial charge on any atom is 0.246 e. The summed E-state index contributed by atoms with van der Waals surface area (Å²) < 4.78 is 0. The van der Waals surface area contributed by atoms with E-state index in [1.807, 2.05) is 19.1 Å². The molecule has 1 aliphatic carbocycles. The maximum absolute atomic E-state index is 12.4. The van der Waals surface area contributed by atoms with Gasteiger partial charge in [-0.3, -0.25) is 9.59 Å². The van der Waals surface area contributed by atoms with E-state index >= 15 is 0 Å². The number of aromatic nitrogens is 1.